The van der Waals surface area contributed by atoms with Crippen molar-refractivity contribution in [2.45, 2.75) is 44.7 Å². The molecule has 1 atom stereocenters. The Balaban J connectivity index is 1.61. The van der Waals surface area contributed by atoms with E-state index in [1.165, 1.54) is 12.8 Å². The predicted molar refractivity (Wildman–Crippen MR) is 70.6 cm³/mol. The van der Waals surface area contributed by atoms with E-state index in [4.69, 9.17) is 4.74 Å². The van der Waals surface area contributed by atoms with Gasteiger partial charge in [0.05, 0.1) is 13.2 Å². The summed E-state index contributed by atoms with van der Waals surface area (Å²) in [6, 6.07) is 0.758. The molecule has 2 amide bonds. The third-order valence-corrected chi connectivity index (χ3v) is 3.92. The summed E-state index contributed by atoms with van der Waals surface area (Å²) in [6.07, 6.45) is 4.75. The Labute approximate surface area is 109 Å². The van der Waals surface area contributed by atoms with Crippen LogP contribution in [0.1, 0.15) is 32.6 Å². The molecule has 1 aliphatic heterocycles. The molecule has 0 aromatic carbocycles. The summed E-state index contributed by atoms with van der Waals surface area (Å²) in [5.41, 5.74) is 0. The normalized spacial score (nSPS) is 23.8. The van der Waals surface area contributed by atoms with E-state index < -0.39 is 0 Å². The monoisotopic (exact) mass is 255 g/mol. The average molecular weight is 255 g/mol. The lowest BCUT2D eigenvalue weighted by Gasteiger charge is -2.32. The highest BCUT2D eigenvalue weighted by Crippen LogP contribution is 2.17. The number of hydrogen-bond donors (Lipinski definition) is 2. The molecule has 5 heteroatoms. The maximum absolute atomic E-state index is 11.7. The summed E-state index contributed by atoms with van der Waals surface area (Å²) in [6.45, 7) is 6.40. The second kappa shape index (κ2) is 6.95. The van der Waals surface area contributed by atoms with Crippen LogP contribution in [-0.2, 0) is 4.74 Å². The van der Waals surface area contributed by atoms with Crippen molar-refractivity contribution in [3.8, 4) is 0 Å². The van der Waals surface area contributed by atoms with Crippen LogP contribution >= 0.6 is 0 Å². The second-order valence-electron chi connectivity index (χ2n) is 5.33. The lowest BCUT2D eigenvalue weighted by Crippen LogP contribution is -2.49. The minimum atomic E-state index is -0.0120. The number of carbonyl (C=O) groups excluding carboxylic acids is 1. The molecule has 1 saturated heterocycles. The van der Waals surface area contributed by atoms with Gasteiger partial charge in [0.1, 0.15) is 0 Å². The highest BCUT2D eigenvalue weighted by Gasteiger charge is 2.19. The highest BCUT2D eigenvalue weighted by molar-refractivity contribution is 5.74. The maximum Gasteiger partial charge on any atom is 0.315 e. The molecule has 0 radical (unpaired) electrons. The van der Waals surface area contributed by atoms with Crippen LogP contribution in [0.2, 0.25) is 0 Å². The first-order valence-electron chi connectivity index (χ1n) is 7.12. The first-order valence-corrected chi connectivity index (χ1v) is 7.12. The Morgan fingerprint density at radius 1 is 1.33 bits per heavy atom. The van der Waals surface area contributed by atoms with Crippen LogP contribution in [0.5, 0.6) is 0 Å². The quantitative estimate of drug-likeness (QED) is 0.786. The molecule has 0 aromatic heterocycles. The van der Waals surface area contributed by atoms with Gasteiger partial charge >= 0.3 is 6.03 Å². The SMILES string of the molecule is CC(CNC(=O)NC1CCCC1)N1CCOCC1. The molecule has 2 aliphatic rings. The van der Waals surface area contributed by atoms with Gasteiger partial charge in [0, 0.05) is 31.7 Å². The van der Waals surface area contributed by atoms with Crippen molar-refractivity contribution >= 4 is 6.03 Å². The first-order chi connectivity index (χ1) is 8.75. The topological polar surface area (TPSA) is 53.6 Å². The zero-order valence-electron chi connectivity index (χ0n) is 11.3. The second-order valence-corrected chi connectivity index (χ2v) is 5.33. The van der Waals surface area contributed by atoms with Gasteiger partial charge in [-0.2, -0.15) is 0 Å². The summed E-state index contributed by atoms with van der Waals surface area (Å²) >= 11 is 0. The average Bonchev–Trinajstić information content (AvgIpc) is 2.90. The number of nitrogens with one attached hydrogen (secondary N) is 2. The largest absolute Gasteiger partial charge is 0.379 e. The third-order valence-electron chi connectivity index (χ3n) is 3.92. The van der Waals surface area contributed by atoms with Crippen LogP contribution in [0.25, 0.3) is 0 Å². The van der Waals surface area contributed by atoms with E-state index in [2.05, 4.69) is 22.5 Å². The molecule has 0 aromatic rings. The van der Waals surface area contributed by atoms with Crippen LogP contribution in [-0.4, -0.2) is 55.9 Å². The van der Waals surface area contributed by atoms with Crippen LogP contribution in [0.15, 0.2) is 0 Å². The van der Waals surface area contributed by atoms with E-state index in [-0.39, 0.29) is 6.03 Å². The van der Waals surface area contributed by atoms with E-state index in [0.717, 1.165) is 39.1 Å². The van der Waals surface area contributed by atoms with Crippen molar-refractivity contribution in [2.24, 2.45) is 0 Å². The van der Waals surface area contributed by atoms with Crippen LogP contribution in [0.4, 0.5) is 4.79 Å². The van der Waals surface area contributed by atoms with Crippen LogP contribution < -0.4 is 10.6 Å². The van der Waals surface area contributed by atoms with E-state index >= 15 is 0 Å². The van der Waals surface area contributed by atoms with Gasteiger partial charge in [-0.25, -0.2) is 4.79 Å². The minimum Gasteiger partial charge on any atom is -0.379 e. The summed E-state index contributed by atoms with van der Waals surface area (Å²) in [4.78, 5) is 14.1. The van der Waals surface area contributed by atoms with Crippen molar-refractivity contribution in [3.05, 3.63) is 0 Å². The van der Waals surface area contributed by atoms with Crippen molar-refractivity contribution in [1.82, 2.24) is 15.5 Å². The van der Waals surface area contributed by atoms with Crippen molar-refractivity contribution in [3.63, 3.8) is 0 Å². The summed E-state index contributed by atoms with van der Waals surface area (Å²) in [7, 11) is 0. The molecule has 0 bridgehead atoms. The van der Waals surface area contributed by atoms with Gasteiger partial charge < -0.3 is 15.4 Å². The molecule has 1 saturated carbocycles. The molecule has 18 heavy (non-hydrogen) atoms. The van der Waals surface area contributed by atoms with Crippen LogP contribution in [0, 0.1) is 0 Å². The lowest BCUT2D eigenvalue weighted by atomic mass is 10.2. The Bertz CT molecular complexity index is 261. The molecule has 1 aliphatic carbocycles. The van der Waals surface area contributed by atoms with Gasteiger partial charge in [0.2, 0.25) is 0 Å². The molecular weight excluding hydrogens is 230 g/mol. The van der Waals surface area contributed by atoms with Gasteiger partial charge in [0.15, 0.2) is 0 Å². The third kappa shape index (κ3) is 4.14. The maximum atomic E-state index is 11.7. The molecule has 0 spiro atoms. The van der Waals surface area contributed by atoms with Gasteiger partial charge in [-0.05, 0) is 19.8 Å². The fourth-order valence-corrected chi connectivity index (χ4v) is 2.69. The molecular formula is C13H25N3O2. The van der Waals surface area contributed by atoms with Gasteiger partial charge in [-0.15, -0.1) is 0 Å². The Morgan fingerprint density at radius 2 is 2.00 bits per heavy atom. The summed E-state index contributed by atoms with van der Waals surface area (Å²) < 4.78 is 5.32. The number of nitrogens with zero attached hydrogens (tertiary/aromatic N) is 1. The zero-order chi connectivity index (χ0) is 12.8. The smallest absolute Gasteiger partial charge is 0.315 e. The van der Waals surface area contributed by atoms with E-state index in [1.54, 1.807) is 0 Å². The number of morpholine rings is 1. The fourth-order valence-electron chi connectivity index (χ4n) is 2.69. The van der Waals surface area contributed by atoms with Gasteiger partial charge in [-0.1, -0.05) is 12.8 Å². The highest BCUT2D eigenvalue weighted by atomic mass is 16.5. The van der Waals surface area contributed by atoms with Crippen molar-refractivity contribution < 1.29 is 9.53 Å². The molecule has 1 unspecified atom stereocenters. The van der Waals surface area contributed by atoms with Gasteiger partial charge in [-0.3, -0.25) is 4.90 Å². The van der Waals surface area contributed by atoms with Crippen LogP contribution in [0.3, 0.4) is 0 Å². The minimum absolute atomic E-state index is 0.0120. The van der Waals surface area contributed by atoms with E-state index in [9.17, 15) is 4.79 Å². The zero-order valence-corrected chi connectivity index (χ0v) is 11.3. The number of amides is 2. The number of carbonyl (C=O) groups is 1. The van der Waals surface area contributed by atoms with E-state index in [1.807, 2.05) is 0 Å². The number of hydrogen-bond acceptors (Lipinski definition) is 3. The molecule has 2 rings (SSSR count). The first kappa shape index (κ1) is 13.6. The number of ether oxygens (including phenoxy) is 1. The molecule has 2 N–H and O–H groups in total. The summed E-state index contributed by atoms with van der Waals surface area (Å²) in [5.74, 6) is 0. The van der Waals surface area contributed by atoms with Gasteiger partial charge in [0.25, 0.3) is 0 Å². The Hall–Kier alpha value is -0.810. The van der Waals surface area contributed by atoms with E-state index in [0.29, 0.717) is 18.6 Å². The number of urea groups is 1. The number of rotatable bonds is 4. The van der Waals surface area contributed by atoms with Crippen molar-refractivity contribution in [1.29, 1.82) is 0 Å². The van der Waals surface area contributed by atoms with Crippen molar-refractivity contribution in [2.75, 3.05) is 32.8 Å². The standard InChI is InChI=1S/C13H25N3O2/c1-11(16-6-8-18-9-7-16)10-14-13(17)15-12-4-2-3-5-12/h11-12H,2-10H2,1H3,(H2,14,15,17). The molecule has 1 heterocycles. The Kier molecular flexibility index (Phi) is 5.26. The molecule has 104 valence electrons. The summed E-state index contributed by atoms with van der Waals surface area (Å²) in [5, 5.41) is 6.02. The molecule has 2 fully saturated rings. The molecule has 5 nitrogen and oxygen atoms in total. The predicted octanol–water partition coefficient (Wildman–Crippen LogP) is 0.949. The lowest BCUT2D eigenvalue weighted by molar-refractivity contribution is 0.0209. The fraction of sp³-hybridized carbons (Fsp3) is 0.923. The Morgan fingerprint density at radius 3 is 2.67 bits per heavy atom.